The van der Waals surface area contributed by atoms with Crippen LogP contribution in [-0.4, -0.2) is 48.7 Å². The lowest BCUT2D eigenvalue weighted by Crippen LogP contribution is -2.36. The van der Waals surface area contributed by atoms with Gasteiger partial charge in [0.25, 0.3) is 0 Å². The van der Waals surface area contributed by atoms with Crippen LogP contribution in [0.3, 0.4) is 0 Å². The van der Waals surface area contributed by atoms with Gasteiger partial charge in [0.2, 0.25) is 11.8 Å². The van der Waals surface area contributed by atoms with Gasteiger partial charge in [0.1, 0.15) is 5.65 Å². The Morgan fingerprint density at radius 1 is 1.36 bits per heavy atom. The molecule has 1 N–H and O–H groups in total. The molecule has 3 aromatic heterocycles. The molecule has 1 aliphatic heterocycles. The molecule has 4 heterocycles. The minimum Gasteiger partial charge on any atom is -0.477 e. The number of imidazole rings is 1. The van der Waals surface area contributed by atoms with Crippen molar-refractivity contribution in [3.63, 3.8) is 0 Å². The van der Waals surface area contributed by atoms with Gasteiger partial charge in [-0.2, -0.15) is 4.98 Å². The van der Waals surface area contributed by atoms with E-state index in [-0.39, 0.29) is 5.69 Å². The van der Waals surface area contributed by atoms with Crippen molar-refractivity contribution in [2.24, 2.45) is 5.92 Å². The summed E-state index contributed by atoms with van der Waals surface area (Å²) in [6.45, 7) is 3.38. The molecule has 0 unspecified atom stereocenters. The number of fused-ring (bicyclic) bond motifs is 1. The van der Waals surface area contributed by atoms with Crippen LogP contribution in [0.4, 0.5) is 5.95 Å². The summed E-state index contributed by atoms with van der Waals surface area (Å²) in [6.07, 6.45) is 6.18. The Kier molecular flexibility index (Phi) is 3.83. The van der Waals surface area contributed by atoms with Crippen LogP contribution in [0.2, 0.25) is 0 Å². The molecule has 0 saturated carbocycles. The molecule has 0 amide bonds. The van der Waals surface area contributed by atoms with Crippen LogP contribution >= 0.6 is 0 Å². The van der Waals surface area contributed by atoms with Gasteiger partial charge in [-0.25, -0.2) is 14.8 Å². The quantitative estimate of drug-likeness (QED) is 0.761. The van der Waals surface area contributed by atoms with Gasteiger partial charge in [-0.3, -0.25) is 4.40 Å². The van der Waals surface area contributed by atoms with Gasteiger partial charge in [-0.05, 0) is 18.8 Å². The van der Waals surface area contributed by atoms with E-state index in [2.05, 4.69) is 25.0 Å². The number of hydrogen-bond donors (Lipinski definition) is 1. The van der Waals surface area contributed by atoms with Crippen LogP contribution in [0.15, 0.2) is 23.0 Å². The van der Waals surface area contributed by atoms with E-state index in [4.69, 9.17) is 4.52 Å². The number of carboxylic acid groups (broad SMARTS) is 1. The van der Waals surface area contributed by atoms with Gasteiger partial charge in [0.05, 0.1) is 0 Å². The Labute approximate surface area is 143 Å². The minimum absolute atomic E-state index is 0.0121. The standard InChI is InChI=1S/C16H18N6O3/c1-10-18-13(20-25-10)8-11-2-5-21(6-3-11)16-19-12(15(23)24)9-14-17-4-7-22(14)16/h4,7,9,11H,2-3,5-6,8H2,1H3,(H,23,24). The maximum Gasteiger partial charge on any atom is 0.354 e. The predicted octanol–water partition coefficient (Wildman–Crippen LogP) is 1.58. The molecular weight excluding hydrogens is 324 g/mol. The molecule has 0 spiro atoms. The molecule has 1 aliphatic rings. The van der Waals surface area contributed by atoms with Gasteiger partial charge >= 0.3 is 5.97 Å². The average Bonchev–Trinajstić information content (AvgIpc) is 3.23. The molecule has 130 valence electrons. The van der Waals surface area contributed by atoms with E-state index in [9.17, 15) is 9.90 Å². The molecule has 0 radical (unpaired) electrons. The third-order valence-corrected chi connectivity index (χ3v) is 4.53. The first kappa shape index (κ1) is 15.6. The lowest BCUT2D eigenvalue weighted by Gasteiger charge is -2.32. The van der Waals surface area contributed by atoms with E-state index in [1.165, 1.54) is 6.07 Å². The molecular formula is C16H18N6O3. The van der Waals surface area contributed by atoms with Crippen molar-refractivity contribution in [1.29, 1.82) is 0 Å². The second-order valence-electron chi connectivity index (χ2n) is 6.27. The number of nitrogens with zero attached hydrogens (tertiary/aromatic N) is 6. The summed E-state index contributed by atoms with van der Waals surface area (Å²) in [4.78, 5) is 26.2. The molecule has 9 nitrogen and oxygen atoms in total. The van der Waals surface area contributed by atoms with Crippen LogP contribution in [0.1, 0.15) is 35.0 Å². The van der Waals surface area contributed by atoms with Gasteiger partial charge < -0.3 is 14.5 Å². The zero-order valence-corrected chi connectivity index (χ0v) is 13.8. The van der Waals surface area contributed by atoms with Crippen LogP contribution in [-0.2, 0) is 6.42 Å². The number of carboxylic acids is 1. The van der Waals surface area contributed by atoms with E-state index in [1.807, 2.05) is 4.40 Å². The van der Waals surface area contributed by atoms with Gasteiger partial charge in [0, 0.05) is 44.9 Å². The molecule has 1 fully saturated rings. The summed E-state index contributed by atoms with van der Waals surface area (Å²) in [5, 5.41) is 13.2. The Balaban J connectivity index is 1.51. The SMILES string of the molecule is Cc1nc(CC2CCN(c3nc(C(=O)O)cc4nccn34)CC2)no1. The molecule has 0 bridgehead atoms. The van der Waals surface area contributed by atoms with Crippen LogP contribution in [0.25, 0.3) is 5.65 Å². The van der Waals surface area contributed by atoms with E-state index < -0.39 is 5.97 Å². The highest BCUT2D eigenvalue weighted by molar-refractivity contribution is 5.87. The Morgan fingerprint density at radius 3 is 2.84 bits per heavy atom. The summed E-state index contributed by atoms with van der Waals surface area (Å²) < 4.78 is 6.85. The van der Waals surface area contributed by atoms with Gasteiger partial charge in [-0.1, -0.05) is 5.16 Å². The number of aromatic nitrogens is 5. The highest BCUT2D eigenvalue weighted by Gasteiger charge is 2.24. The molecule has 0 aliphatic carbocycles. The first-order valence-corrected chi connectivity index (χ1v) is 8.21. The average molecular weight is 342 g/mol. The molecule has 25 heavy (non-hydrogen) atoms. The van der Waals surface area contributed by atoms with Gasteiger partial charge in [-0.15, -0.1) is 0 Å². The highest BCUT2D eigenvalue weighted by atomic mass is 16.5. The molecule has 9 heteroatoms. The van der Waals surface area contributed by atoms with E-state index >= 15 is 0 Å². The van der Waals surface area contributed by atoms with Crippen molar-refractivity contribution in [1.82, 2.24) is 24.5 Å². The number of rotatable bonds is 4. The summed E-state index contributed by atoms with van der Waals surface area (Å²) in [5.41, 5.74) is 0.602. The monoisotopic (exact) mass is 342 g/mol. The normalized spacial score (nSPS) is 15.8. The summed E-state index contributed by atoms with van der Waals surface area (Å²) in [7, 11) is 0. The third kappa shape index (κ3) is 3.04. The fourth-order valence-electron chi connectivity index (χ4n) is 3.26. The predicted molar refractivity (Wildman–Crippen MR) is 87.6 cm³/mol. The first-order valence-electron chi connectivity index (χ1n) is 8.21. The maximum absolute atomic E-state index is 11.3. The van der Waals surface area contributed by atoms with Crippen molar-refractivity contribution in [3.05, 3.63) is 35.9 Å². The van der Waals surface area contributed by atoms with Crippen molar-refractivity contribution in [2.75, 3.05) is 18.0 Å². The topological polar surface area (TPSA) is 110 Å². The van der Waals surface area contributed by atoms with Crippen molar-refractivity contribution < 1.29 is 14.4 Å². The summed E-state index contributed by atoms with van der Waals surface area (Å²) in [6, 6.07) is 1.48. The van der Waals surface area contributed by atoms with Crippen molar-refractivity contribution in [3.8, 4) is 0 Å². The first-order chi connectivity index (χ1) is 12.1. The van der Waals surface area contributed by atoms with Crippen LogP contribution in [0, 0.1) is 12.8 Å². The third-order valence-electron chi connectivity index (χ3n) is 4.53. The van der Waals surface area contributed by atoms with Crippen molar-refractivity contribution in [2.45, 2.75) is 26.2 Å². The number of aryl methyl sites for hydroxylation is 1. The van der Waals surface area contributed by atoms with E-state index in [0.29, 0.717) is 23.4 Å². The number of hydrogen-bond acceptors (Lipinski definition) is 7. The molecule has 4 rings (SSSR count). The zero-order chi connectivity index (χ0) is 17.4. The van der Waals surface area contributed by atoms with Gasteiger partial charge in [0.15, 0.2) is 11.5 Å². The summed E-state index contributed by atoms with van der Waals surface area (Å²) >= 11 is 0. The summed E-state index contributed by atoms with van der Waals surface area (Å²) in [5.74, 6) is 1.40. The number of anilines is 1. The van der Waals surface area contributed by atoms with Crippen LogP contribution < -0.4 is 4.90 Å². The number of piperidine rings is 1. The lowest BCUT2D eigenvalue weighted by atomic mass is 9.93. The smallest absolute Gasteiger partial charge is 0.354 e. The largest absolute Gasteiger partial charge is 0.477 e. The van der Waals surface area contributed by atoms with Crippen molar-refractivity contribution >= 4 is 17.6 Å². The minimum atomic E-state index is -1.05. The second-order valence-corrected chi connectivity index (χ2v) is 6.27. The molecule has 1 saturated heterocycles. The maximum atomic E-state index is 11.3. The Bertz CT molecular complexity index is 910. The highest BCUT2D eigenvalue weighted by Crippen LogP contribution is 2.25. The fourth-order valence-corrected chi connectivity index (χ4v) is 3.26. The molecule has 3 aromatic rings. The van der Waals surface area contributed by atoms with E-state index in [0.717, 1.165) is 38.2 Å². The Hall–Kier alpha value is -2.97. The fraction of sp³-hybridized carbons (Fsp3) is 0.438. The zero-order valence-electron chi connectivity index (χ0n) is 13.8. The number of carbonyl (C=O) groups is 1. The second kappa shape index (κ2) is 6.15. The van der Waals surface area contributed by atoms with Crippen LogP contribution in [0.5, 0.6) is 0 Å². The van der Waals surface area contributed by atoms with E-state index in [1.54, 1.807) is 19.3 Å². The lowest BCUT2D eigenvalue weighted by molar-refractivity contribution is 0.0690. The molecule has 0 atom stereocenters. The number of aromatic carboxylic acids is 1. The Morgan fingerprint density at radius 2 is 2.16 bits per heavy atom. The molecule has 0 aromatic carbocycles.